The third kappa shape index (κ3) is 3.32. The van der Waals surface area contributed by atoms with Gasteiger partial charge in [0.1, 0.15) is 0 Å². The van der Waals surface area contributed by atoms with Gasteiger partial charge >= 0.3 is 0 Å². The highest BCUT2D eigenvalue weighted by molar-refractivity contribution is 7.89. The van der Waals surface area contributed by atoms with Crippen molar-refractivity contribution in [3.05, 3.63) is 28.3 Å². The molecule has 1 aromatic carbocycles. The smallest absolute Gasteiger partial charge is 0.208 e. The van der Waals surface area contributed by atoms with E-state index in [2.05, 4.69) is 24.6 Å². The maximum atomic E-state index is 12.8. The molecule has 4 heteroatoms. The molecule has 0 bridgehead atoms. The molecule has 1 fully saturated rings. The first-order valence-corrected chi connectivity index (χ1v) is 9.11. The summed E-state index contributed by atoms with van der Waals surface area (Å²) in [4.78, 5) is 0.477. The van der Waals surface area contributed by atoms with E-state index >= 15 is 0 Å². The summed E-state index contributed by atoms with van der Waals surface area (Å²) in [5.41, 5.74) is 4.03. The van der Waals surface area contributed by atoms with Gasteiger partial charge in [0.15, 0.2) is 0 Å². The Labute approximate surface area is 129 Å². The second kappa shape index (κ2) is 5.40. The lowest BCUT2D eigenvalue weighted by atomic mass is 9.92. The van der Waals surface area contributed by atoms with Crippen LogP contribution in [0, 0.1) is 33.1 Å². The van der Waals surface area contributed by atoms with Crippen molar-refractivity contribution in [2.24, 2.45) is 5.41 Å². The number of aryl methyl sites for hydroxylation is 2. The number of hydrogen-bond acceptors (Lipinski definition) is 2. The molecule has 1 aromatic rings. The largest absolute Gasteiger partial charge is 0.241 e. The van der Waals surface area contributed by atoms with E-state index in [1.807, 2.05) is 27.7 Å². The summed E-state index contributed by atoms with van der Waals surface area (Å²) in [6.45, 7) is 12.1. The Bertz CT molecular complexity index is 634. The molecule has 2 rings (SSSR count). The Morgan fingerprint density at radius 1 is 1.10 bits per heavy atom. The minimum atomic E-state index is -3.45. The Morgan fingerprint density at radius 2 is 1.62 bits per heavy atom. The van der Waals surface area contributed by atoms with Crippen molar-refractivity contribution in [3.8, 4) is 0 Å². The predicted molar refractivity (Wildman–Crippen MR) is 87.1 cm³/mol. The zero-order chi connectivity index (χ0) is 16.0. The summed E-state index contributed by atoms with van der Waals surface area (Å²) in [7, 11) is -3.45. The third-order valence-electron chi connectivity index (χ3n) is 4.86. The van der Waals surface area contributed by atoms with Crippen LogP contribution in [-0.4, -0.2) is 14.5 Å². The summed E-state index contributed by atoms with van der Waals surface area (Å²) in [5.74, 6) is 0. The first kappa shape index (κ1) is 16.5. The number of nitrogens with one attached hydrogen (secondary N) is 1. The van der Waals surface area contributed by atoms with Crippen LogP contribution >= 0.6 is 0 Å². The zero-order valence-electron chi connectivity index (χ0n) is 14.0. The van der Waals surface area contributed by atoms with Crippen molar-refractivity contribution in [2.75, 3.05) is 0 Å². The maximum absolute atomic E-state index is 12.8. The topological polar surface area (TPSA) is 46.2 Å². The molecule has 0 aromatic heterocycles. The van der Waals surface area contributed by atoms with E-state index in [9.17, 15) is 8.42 Å². The van der Waals surface area contributed by atoms with Gasteiger partial charge in [-0.2, -0.15) is 0 Å². The van der Waals surface area contributed by atoms with Gasteiger partial charge in [-0.25, -0.2) is 13.1 Å². The van der Waals surface area contributed by atoms with Crippen LogP contribution in [0.3, 0.4) is 0 Å². The summed E-state index contributed by atoms with van der Waals surface area (Å²) in [6, 6.07) is 2.12. The molecule has 1 N–H and O–H groups in total. The molecule has 0 spiro atoms. The maximum Gasteiger partial charge on any atom is 0.241 e. The van der Waals surface area contributed by atoms with Crippen molar-refractivity contribution in [2.45, 2.75) is 71.7 Å². The standard InChI is InChI=1S/C17H27NO2S/c1-11-9-12(2)14(4)16(13(11)3)21(19,20)18-15-7-8-17(5,6)10-15/h9,15,18H,7-8,10H2,1-6H3. The number of sulfonamides is 1. The lowest BCUT2D eigenvalue weighted by molar-refractivity contribution is 0.372. The molecule has 0 amide bonds. The van der Waals surface area contributed by atoms with Gasteiger partial charge in [-0.15, -0.1) is 0 Å². The quantitative estimate of drug-likeness (QED) is 0.923. The lowest BCUT2D eigenvalue weighted by Crippen LogP contribution is -2.34. The molecule has 0 saturated heterocycles. The summed E-state index contributed by atoms with van der Waals surface area (Å²) < 4.78 is 28.6. The van der Waals surface area contributed by atoms with Crippen LogP contribution in [0.4, 0.5) is 0 Å². The highest BCUT2D eigenvalue weighted by Gasteiger charge is 2.34. The summed E-state index contributed by atoms with van der Waals surface area (Å²) in [6.07, 6.45) is 2.91. The van der Waals surface area contributed by atoms with Crippen molar-refractivity contribution < 1.29 is 8.42 Å². The SMILES string of the molecule is Cc1cc(C)c(C)c(S(=O)(=O)NC2CCC(C)(C)C2)c1C. The molecule has 1 saturated carbocycles. The first-order valence-electron chi connectivity index (χ1n) is 7.63. The predicted octanol–water partition coefficient (Wildman–Crippen LogP) is 3.78. The van der Waals surface area contributed by atoms with Crippen LogP contribution in [0.15, 0.2) is 11.0 Å². The fourth-order valence-corrected chi connectivity index (χ4v) is 5.28. The zero-order valence-corrected chi connectivity index (χ0v) is 14.8. The molecule has 21 heavy (non-hydrogen) atoms. The van der Waals surface area contributed by atoms with Crippen LogP contribution in [0.25, 0.3) is 0 Å². The Hall–Kier alpha value is -0.870. The Morgan fingerprint density at radius 3 is 2.05 bits per heavy atom. The van der Waals surface area contributed by atoms with Gasteiger partial charge in [0, 0.05) is 6.04 Å². The third-order valence-corrected chi connectivity index (χ3v) is 6.65. The molecule has 1 unspecified atom stereocenters. The van der Waals surface area contributed by atoms with Gasteiger partial charge in [0.25, 0.3) is 0 Å². The van der Waals surface area contributed by atoms with Gasteiger partial charge in [-0.1, -0.05) is 19.9 Å². The molecule has 1 atom stereocenters. The fraction of sp³-hybridized carbons (Fsp3) is 0.647. The van der Waals surface area contributed by atoms with Crippen molar-refractivity contribution in [1.82, 2.24) is 4.72 Å². The number of rotatable bonds is 3. The molecule has 1 aliphatic carbocycles. The lowest BCUT2D eigenvalue weighted by Gasteiger charge is -2.20. The molecule has 0 radical (unpaired) electrons. The van der Waals surface area contributed by atoms with Crippen LogP contribution in [0.1, 0.15) is 55.4 Å². The van der Waals surface area contributed by atoms with E-state index in [1.165, 1.54) is 0 Å². The van der Waals surface area contributed by atoms with Gasteiger partial charge in [0.2, 0.25) is 10.0 Å². The molecule has 118 valence electrons. The molecular formula is C17H27NO2S. The second-order valence-corrected chi connectivity index (χ2v) is 8.97. The van der Waals surface area contributed by atoms with E-state index in [0.717, 1.165) is 41.5 Å². The van der Waals surface area contributed by atoms with Crippen LogP contribution < -0.4 is 4.72 Å². The normalized spacial score (nSPS) is 21.7. The molecular weight excluding hydrogens is 282 g/mol. The highest BCUT2D eigenvalue weighted by Crippen LogP contribution is 2.38. The fourth-order valence-electron chi connectivity index (χ4n) is 3.40. The van der Waals surface area contributed by atoms with E-state index in [0.29, 0.717) is 4.90 Å². The molecule has 0 aliphatic heterocycles. The average Bonchev–Trinajstić information content (AvgIpc) is 2.65. The minimum Gasteiger partial charge on any atom is -0.208 e. The molecule has 0 heterocycles. The van der Waals surface area contributed by atoms with Crippen molar-refractivity contribution >= 4 is 10.0 Å². The van der Waals surface area contributed by atoms with Crippen LogP contribution in [-0.2, 0) is 10.0 Å². The Balaban J connectivity index is 2.37. The van der Waals surface area contributed by atoms with Crippen molar-refractivity contribution in [3.63, 3.8) is 0 Å². The van der Waals surface area contributed by atoms with E-state index < -0.39 is 10.0 Å². The monoisotopic (exact) mass is 309 g/mol. The average molecular weight is 309 g/mol. The van der Waals surface area contributed by atoms with Gasteiger partial charge in [-0.05, 0) is 74.6 Å². The van der Waals surface area contributed by atoms with E-state index in [4.69, 9.17) is 0 Å². The molecule has 3 nitrogen and oxygen atoms in total. The van der Waals surface area contributed by atoms with Crippen molar-refractivity contribution in [1.29, 1.82) is 0 Å². The van der Waals surface area contributed by atoms with Crippen LogP contribution in [0.5, 0.6) is 0 Å². The number of benzene rings is 1. The highest BCUT2D eigenvalue weighted by atomic mass is 32.2. The van der Waals surface area contributed by atoms with Gasteiger partial charge < -0.3 is 0 Å². The van der Waals surface area contributed by atoms with Gasteiger partial charge in [0.05, 0.1) is 4.90 Å². The van der Waals surface area contributed by atoms with E-state index in [-0.39, 0.29) is 11.5 Å². The summed E-state index contributed by atoms with van der Waals surface area (Å²) >= 11 is 0. The van der Waals surface area contributed by atoms with E-state index in [1.54, 1.807) is 0 Å². The van der Waals surface area contributed by atoms with Crippen LogP contribution in [0.2, 0.25) is 0 Å². The van der Waals surface area contributed by atoms with Gasteiger partial charge in [-0.3, -0.25) is 0 Å². The molecule has 1 aliphatic rings. The minimum absolute atomic E-state index is 0.0598. The Kier molecular flexibility index (Phi) is 4.24. The number of hydrogen-bond donors (Lipinski definition) is 1. The second-order valence-electron chi connectivity index (χ2n) is 7.31. The summed E-state index contributed by atoms with van der Waals surface area (Å²) in [5, 5.41) is 0. The first-order chi connectivity index (χ1) is 9.53.